The topological polar surface area (TPSA) is 38.0 Å². The van der Waals surface area contributed by atoms with E-state index >= 15 is 0 Å². The molecule has 3 N–H and O–H groups in total. The summed E-state index contributed by atoms with van der Waals surface area (Å²) in [5, 5.41) is 6.55. The van der Waals surface area contributed by atoms with Crippen LogP contribution in [0.15, 0.2) is 23.6 Å². The molecule has 0 aliphatic carbocycles. The lowest BCUT2D eigenvalue weighted by Gasteiger charge is -2.08. The normalized spacial score (nSPS) is 10.9. The summed E-state index contributed by atoms with van der Waals surface area (Å²) in [6, 6.07) is 5.88. The minimum absolute atomic E-state index is 0.443. The van der Waals surface area contributed by atoms with Gasteiger partial charge in [0.2, 0.25) is 0 Å². The first-order chi connectivity index (χ1) is 9.11. The molecule has 102 valence electrons. The molecule has 2 aromatic rings. The van der Waals surface area contributed by atoms with E-state index in [1.165, 1.54) is 10.4 Å². The number of anilines is 1. The summed E-state index contributed by atoms with van der Waals surface area (Å²) in [5.74, 6) is 0. The summed E-state index contributed by atoms with van der Waals surface area (Å²) in [7, 11) is 0. The average Bonchev–Trinajstić information content (AvgIpc) is 2.83. The Balaban J connectivity index is 1.96. The maximum Gasteiger partial charge on any atom is 0.0693 e. The number of rotatable bonds is 5. The lowest BCUT2D eigenvalue weighted by molar-refractivity contribution is 0.697. The second-order valence-electron chi connectivity index (χ2n) is 4.30. The van der Waals surface area contributed by atoms with E-state index < -0.39 is 0 Å². The highest BCUT2D eigenvalue weighted by Crippen LogP contribution is 2.28. The Morgan fingerprint density at radius 1 is 1.21 bits per heavy atom. The van der Waals surface area contributed by atoms with Crippen LogP contribution in [-0.2, 0) is 19.5 Å². The molecular formula is C14H16Cl2N2S. The number of halogens is 2. The van der Waals surface area contributed by atoms with Crippen LogP contribution >= 0.6 is 34.5 Å². The van der Waals surface area contributed by atoms with E-state index in [0.717, 1.165) is 25.1 Å². The zero-order chi connectivity index (χ0) is 13.8. The number of benzene rings is 1. The van der Waals surface area contributed by atoms with Crippen molar-refractivity contribution < 1.29 is 0 Å². The molecule has 1 aromatic heterocycles. The van der Waals surface area contributed by atoms with Gasteiger partial charge in [0.15, 0.2) is 0 Å². The molecule has 0 saturated heterocycles. The molecule has 2 rings (SSSR count). The summed E-state index contributed by atoms with van der Waals surface area (Å²) < 4.78 is 0. The Kier molecular flexibility index (Phi) is 5.11. The molecule has 0 aliphatic rings. The fourth-order valence-corrected chi connectivity index (χ4v) is 3.37. The Bertz CT molecular complexity index is 543. The third kappa shape index (κ3) is 3.63. The van der Waals surface area contributed by atoms with Gasteiger partial charge in [-0.1, -0.05) is 30.1 Å². The van der Waals surface area contributed by atoms with E-state index in [-0.39, 0.29) is 0 Å². The second-order valence-corrected chi connectivity index (χ2v) is 6.11. The highest BCUT2D eigenvalue weighted by atomic mass is 35.5. The highest BCUT2D eigenvalue weighted by Gasteiger charge is 2.06. The first-order valence-electron chi connectivity index (χ1n) is 6.11. The van der Waals surface area contributed by atoms with E-state index in [0.29, 0.717) is 15.7 Å². The van der Waals surface area contributed by atoms with Crippen LogP contribution in [0.25, 0.3) is 0 Å². The molecule has 0 saturated carbocycles. The van der Waals surface area contributed by atoms with Crippen LogP contribution in [0.3, 0.4) is 0 Å². The lowest BCUT2D eigenvalue weighted by atomic mass is 10.2. The number of thiophene rings is 1. The van der Waals surface area contributed by atoms with Crippen molar-refractivity contribution >= 4 is 40.2 Å². The fraction of sp³-hybridized carbons (Fsp3) is 0.286. The average molecular weight is 315 g/mol. The van der Waals surface area contributed by atoms with E-state index in [2.05, 4.69) is 23.7 Å². The molecule has 0 amide bonds. The van der Waals surface area contributed by atoms with Crippen molar-refractivity contribution in [3.63, 3.8) is 0 Å². The molecule has 0 radical (unpaired) electrons. The molecule has 0 fully saturated rings. The number of aryl methyl sites for hydroxylation is 1. The van der Waals surface area contributed by atoms with Crippen LogP contribution in [0, 0.1) is 0 Å². The Hall–Kier alpha value is -0.740. The van der Waals surface area contributed by atoms with Gasteiger partial charge in [0, 0.05) is 18.0 Å². The number of hydrogen-bond donors (Lipinski definition) is 2. The third-order valence-corrected chi connectivity index (χ3v) is 4.56. The van der Waals surface area contributed by atoms with Crippen LogP contribution in [-0.4, -0.2) is 0 Å². The minimum Gasteiger partial charge on any atom is -0.396 e. The van der Waals surface area contributed by atoms with Crippen LogP contribution in [0.5, 0.6) is 0 Å². The Morgan fingerprint density at radius 3 is 2.53 bits per heavy atom. The van der Waals surface area contributed by atoms with Gasteiger partial charge in [0.25, 0.3) is 0 Å². The van der Waals surface area contributed by atoms with E-state index in [1.54, 1.807) is 11.3 Å². The van der Waals surface area contributed by atoms with Gasteiger partial charge in [-0.25, -0.2) is 0 Å². The van der Waals surface area contributed by atoms with Crippen LogP contribution in [0.2, 0.25) is 10.0 Å². The number of nitrogen functional groups attached to an aromatic ring is 1. The maximum atomic E-state index is 6.01. The van der Waals surface area contributed by atoms with Gasteiger partial charge in [-0.2, -0.15) is 0 Å². The Morgan fingerprint density at radius 2 is 1.89 bits per heavy atom. The SMILES string of the molecule is CCc1ccsc1CNCc1cc(Cl)c(N)c(Cl)c1. The minimum atomic E-state index is 0.443. The summed E-state index contributed by atoms with van der Waals surface area (Å²) in [5.41, 5.74) is 8.60. The number of nitrogens with two attached hydrogens (primary N) is 1. The lowest BCUT2D eigenvalue weighted by Crippen LogP contribution is -2.12. The molecule has 0 bridgehead atoms. The zero-order valence-corrected chi connectivity index (χ0v) is 13.0. The second kappa shape index (κ2) is 6.62. The maximum absolute atomic E-state index is 6.01. The predicted octanol–water partition coefficient (Wildman–Crippen LogP) is 4.49. The fourth-order valence-electron chi connectivity index (χ4n) is 1.90. The van der Waals surface area contributed by atoms with E-state index in [1.807, 2.05) is 12.1 Å². The number of hydrogen-bond acceptors (Lipinski definition) is 3. The molecule has 0 spiro atoms. The largest absolute Gasteiger partial charge is 0.396 e. The molecule has 0 unspecified atom stereocenters. The molecule has 0 aliphatic heterocycles. The molecular weight excluding hydrogens is 299 g/mol. The Labute approximate surface area is 127 Å². The predicted molar refractivity (Wildman–Crippen MR) is 85.1 cm³/mol. The molecule has 1 heterocycles. The van der Waals surface area contributed by atoms with Crippen molar-refractivity contribution in [2.75, 3.05) is 5.73 Å². The van der Waals surface area contributed by atoms with Crippen molar-refractivity contribution in [2.24, 2.45) is 0 Å². The molecule has 1 aromatic carbocycles. The summed E-state index contributed by atoms with van der Waals surface area (Å²) >= 11 is 13.8. The third-order valence-electron chi connectivity index (χ3n) is 2.97. The van der Waals surface area contributed by atoms with Crippen LogP contribution in [0.4, 0.5) is 5.69 Å². The summed E-state index contributed by atoms with van der Waals surface area (Å²) in [6.07, 6.45) is 1.07. The quantitative estimate of drug-likeness (QED) is 0.798. The van der Waals surface area contributed by atoms with Crippen molar-refractivity contribution in [1.29, 1.82) is 0 Å². The summed E-state index contributed by atoms with van der Waals surface area (Å²) in [6.45, 7) is 3.76. The standard InChI is InChI=1S/C14H16Cl2N2S/c1-2-10-3-4-19-13(10)8-18-7-9-5-11(15)14(17)12(16)6-9/h3-6,18H,2,7-8,17H2,1H3. The molecule has 0 atom stereocenters. The number of nitrogens with one attached hydrogen (secondary N) is 1. The van der Waals surface area contributed by atoms with Gasteiger partial charge >= 0.3 is 0 Å². The smallest absolute Gasteiger partial charge is 0.0693 e. The van der Waals surface area contributed by atoms with Crippen molar-refractivity contribution in [1.82, 2.24) is 5.32 Å². The van der Waals surface area contributed by atoms with Gasteiger partial charge < -0.3 is 11.1 Å². The van der Waals surface area contributed by atoms with Gasteiger partial charge in [-0.15, -0.1) is 11.3 Å². The van der Waals surface area contributed by atoms with Gasteiger partial charge in [-0.05, 0) is 41.1 Å². The van der Waals surface area contributed by atoms with Crippen LogP contribution in [0.1, 0.15) is 22.9 Å². The summed E-state index contributed by atoms with van der Waals surface area (Å²) in [4.78, 5) is 1.38. The van der Waals surface area contributed by atoms with Gasteiger partial charge in [0.1, 0.15) is 0 Å². The van der Waals surface area contributed by atoms with Crippen molar-refractivity contribution in [3.8, 4) is 0 Å². The highest BCUT2D eigenvalue weighted by molar-refractivity contribution is 7.10. The van der Waals surface area contributed by atoms with Gasteiger partial charge in [-0.3, -0.25) is 0 Å². The molecule has 19 heavy (non-hydrogen) atoms. The first kappa shape index (κ1) is 14.7. The monoisotopic (exact) mass is 314 g/mol. The van der Waals surface area contributed by atoms with Crippen LogP contribution < -0.4 is 11.1 Å². The van der Waals surface area contributed by atoms with Crippen molar-refractivity contribution in [2.45, 2.75) is 26.4 Å². The zero-order valence-electron chi connectivity index (χ0n) is 10.7. The van der Waals surface area contributed by atoms with E-state index in [4.69, 9.17) is 28.9 Å². The first-order valence-corrected chi connectivity index (χ1v) is 7.74. The van der Waals surface area contributed by atoms with E-state index in [9.17, 15) is 0 Å². The molecule has 2 nitrogen and oxygen atoms in total. The van der Waals surface area contributed by atoms with Crippen molar-refractivity contribution in [3.05, 3.63) is 49.6 Å². The van der Waals surface area contributed by atoms with Gasteiger partial charge in [0.05, 0.1) is 15.7 Å². The molecule has 5 heteroatoms.